The van der Waals surface area contributed by atoms with Gasteiger partial charge in [-0.2, -0.15) is 5.10 Å². The van der Waals surface area contributed by atoms with Gasteiger partial charge in [-0.25, -0.2) is 14.5 Å². The predicted molar refractivity (Wildman–Crippen MR) is 115 cm³/mol. The summed E-state index contributed by atoms with van der Waals surface area (Å²) in [5.74, 6) is -0.452. The maximum absolute atomic E-state index is 13.0. The molecule has 0 atom stereocenters. The van der Waals surface area contributed by atoms with E-state index in [2.05, 4.69) is 15.2 Å². The van der Waals surface area contributed by atoms with Gasteiger partial charge in [0.05, 0.1) is 28.0 Å². The first-order valence-corrected chi connectivity index (χ1v) is 9.77. The van der Waals surface area contributed by atoms with Crippen molar-refractivity contribution in [2.75, 3.05) is 0 Å². The maximum Gasteiger partial charge on any atom is 0.339 e. The molecule has 0 aliphatic rings. The van der Waals surface area contributed by atoms with E-state index in [1.165, 1.54) is 0 Å². The van der Waals surface area contributed by atoms with Gasteiger partial charge in [-0.05, 0) is 36.8 Å². The maximum atomic E-state index is 13.0. The molecule has 7 nitrogen and oxygen atoms in total. The van der Waals surface area contributed by atoms with Crippen LogP contribution in [0.3, 0.4) is 0 Å². The van der Waals surface area contributed by atoms with E-state index in [0.29, 0.717) is 28.1 Å². The third kappa shape index (κ3) is 3.69. The molecule has 0 fully saturated rings. The Morgan fingerprint density at radius 2 is 1.87 bits per heavy atom. The average Bonchev–Trinajstić information content (AvgIpc) is 3.48. The van der Waals surface area contributed by atoms with Crippen molar-refractivity contribution in [1.29, 1.82) is 0 Å². The normalized spacial score (nSPS) is 11.0. The number of esters is 1. The van der Waals surface area contributed by atoms with Crippen molar-refractivity contribution in [2.45, 2.75) is 13.5 Å². The van der Waals surface area contributed by atoms with Gasteiger partial charge < -0.3 is 9.26 Å². The first-order valence-electron chi connectivity index (χ1n) is 9.77. The van der Waals surface area contributed by atoms with E-state index in [1.54, 1.807) is 23.9 Å². The Labute approximate surface area is 177 Å². The molecule has 0 unspecified atom stereocenters. The largest absolute Gasteiger partial charge is 0.457 e. The molecule has 0 radical (unpaired) electrons. The first kappa shape index (κ1) is 18.7. The fraction of sp³-hybridized carbons (Fsp3) is 0.0833. The van der Waals surface area contributed by atoms with Crippen LogP contribution in [0.4, 0.5) is 0 Å². The van der Waals surface area contributed by atoms with Gasteiger partial charge in [0.25, 0.3) is 5.71 Å². The highest BCUT2D eigenvalue weighted by atomic mass is 16.5. The number of aryl methyl sites for hydroxylation is 1. The monoisotopic (exact) mass is 410 g/mol. The Balaban J connectivity index is 1.41. The second-order valence-corrected chi connectivity index (χ2v) is 7.06. The highest BCUT2D eigenvalue weighted by molar-refractivity contribution is 6.04. The van der Waals surface area contributed by atoms with Crippen molar-refractivity contribution < 1.29 is 14.1 Å². The summed E-state index contributed by atoms with van der Waals surface area (Å²) in [6.45, 7) is 1.92. The highest BCUT2D eigenvalue weighted by Crippen LogP contribution is 2.27. The second kappa shape index (κ2) is 7.87. The topological polar surface area (TPSA) is 83.0 Å². The van der Waals surface area contributed by atoms with Gasteiger partial charge in [0.1, 0.15) is 6.61 Å². The number of ether oxygens (including phenoxy) is 1. The summed E-state index contributed by atoms with van der Waals surface area (Å²) in [5.41, 5.74) is 4.60. The van der Waals surface area contributed by atoms with Crippen LogP contribution in [0, 0.1) is 6.92 Å². The average molecular weight is 410 g/mol. The molecule has 5 aromatic rings. The molecule has 0 bridgehead atoms. The molecule has 3 aromatic heterocycles. The van der Waals surface area contributed by atoms with Crippen LogP contribution < -0.4 is 0 Å². The summed E-state index contributed by atoms with van der Waals surface area (Å²) in [6, 6.07) is 20.9. The smallest absolute Gasteiger partial charge is 0.339 e. The van der Waals surface area contributed by atoms with Crippen molar-refractivity contribution in [3.05, 3.63) is 95.9 Å². The lowest BCUT2D eigenvalue weighted by Gasteiger charge is -2.09. The minimum atomic E-state index is -0.452. The molecule has 0 amide bonds. The van der Waals surface area contributed by atoms with Crippen LogP contribution in [0.1, 0.15) is 21.6 Å². The Kier molecular flexibility index (Phi) is 4.76. The minimum Gasteiger partial charge on any atom is -0.457 e. The first-order chi connectivity index (χ1) is 15.2. The van der Waals surface area contributed by atoms with E-state index in [-0.39, 0.29) is 6.61 Å². The number of carbonyl (C=O) groups is 1. The van der Waals surface area contributed by atoms with Crippen molar-refractivity contribution in [2.24, 2.45) is 0 Å². The summed E-state index contributed by atoms with van der Waals surface area (Å²) in [4.78, 5) is 17.5. The SMILES string of the molecule is Cc1noc2nc(-c3ccccc3)cc(C(=O)OCc3ccc(-n4cccn4)cc3)c12. The molecule has 31 heavy (non-hydrogen) atoms. The summed E-state index contributed by atoms with van der Waals surface area (Å²) >= 11 is 0. The molecular weight excluding hydrogens is 392 g/mol. The lowest BCUT2D eigenvalue weighted by atomic mass is 10.1. The fourth-order valence-corrected chi connectivity index (χ4v) is 3.41. The fourth-order valence-electron chi connectivity index (χ4n) is 3.41. The van der Waals surface area contributed by atoms with E-state index in [9.17, 15) is 4.79 Å². The van der Waals surface area contributed by atoms with Crippen LogP contribution in [0.15, 0.2) is 83.6 Å². The lowest BCUT2D eigenvalue weighted by molar-refractivity contribution is 0.0475. The van der Waals surface area contributed by atoms with Gasteiger partial charge in [-0.3, -0.25) is 0 Å². The summed E-state index contributed by atoms with van der Waals surface area (Å²) < 4.78 is 12.7. The Bertz CT molecular complexity index is 1340. The van der Waals surface area contributed by atoms with Crippen molar-refractivity contribution in [1.82, 2.24) is 19.9 Å². The van der Waals surface area contributed by atoms with Crippen LogP contribution in [-0.2, 0) is 11.3 Å². The van der Waals surface area contributed by atoms with Crippen LogP contribution in [0.5, 0.6) is 0 Å². The second-order valence-electron chi connectivity index (χ2n) is 7.06. The molecule has 5 rings (SSSR count). The van der Waals surface area contributed by atoms with E-state index in [4.69, 9.17) is 9.26 Å². The van der Waals surface area contributed by atoms with E-state index in [0.717, 1.165) is 16.8 Å². The number of hydrogen-bond donors (Lipinski definition) is 0. The van der Waals surface area contributed by atoms with E-state index >= 15 is 0 Å². The molecule has 0 aliphatic heterocycles. The van der Waals surface area contributed by atoms with Gasteiger partial charge in [0.2, 0.25) is 0 Å². The van der Waals surface area contributed by atoms with E-state index < -0.39 is 5.97 Å². The van der Waals surface area contributed by atoms with Crippen LogP contribution in [0.25, 0.3) is 28.0 Å². The summed E-state index contributed by atoms with van der Waals surface area (Å²) in [5, 5.41) is 8.75. The predicted octanol–water partition coefficient (Wildman–Crippen LogP) is 4.74. The lowest BCUT2D eigenvalue weighted by Crippen LogP contribution is -2.07. The molecule has 0 aliphatic carbocycles. The van der Waals surface area contributed by atoms with Gasteiger partial charge in [-0.1, -0.05) is 47.6 Å². The van der Waals surface area contributed by atoms with Crippen LogP contribution in [0.2, 0.25) is 0 Å². The Hall–Kier alpha value is -4.26. The Morgan fingerprint density at radius 3 is 2.61 bits per heavy atom. The number of rotatable bonds is 5. The molecular formula is C24H18N4O3. The van der Waals surface area contributed by atoms with Crippen molar-refractivity contribution in [3.63, 3.8) is 0 Å². The number of pyridine rings is 1. The van der Waals surface area contributed by atoms with Gasteiger partial charge in [0.15, 0.2) is 0 Å². The standard InChI is InChI=1S/C24H18N4O3/c1-16-22-20(14-21(26-23(22)31-27-16)18-6-3-2-4-7-18)24(29)30-15-17-8-10-19(11-9-17)28-13-5-12-25-28/h2-14H,15H2,1H3. The van der Waals surface area contributed by atoms with Gasteiger partial charge >= 0.3 is 5.97 Å². The number of hydrogen-bond acceptors (Lipinski definition) is 6. The van der Waals surface area contributed by atoms with E-state index in [1.807, 2.05) is 66.9 Å². The van der Waals surface area contributed by atoms with Crippen molar-refractivity contribution in [3.8, 4) is 16.9 Å². The summed E-state index contributed by atoms with van der Waals surface area (Å²) in [6.07, 6.45) is 3.59. The zero-order valence-corrected chi connectivity index (χ0v) is 16.7. The van der Waals surface area contributed by atoms with Gasteiger partial charge in [0, 0.05) is 18.0 Å². The molecule has 7 heteroatoms. The van der Waals surface area contributed by atoms with Crippen LogP contribution in [-0.4, -0.2) is 25.9 Å². The number of carbonyl (C=O) groups excluding carboxylic acids is 1. The molecule has 0 saturated carbocycles. The van der Waals surface area contributed by atoms with Crippen molar-refractivity contribution >= 4 is 17.1 Å². The zero-order chi connectivity index (χ0) is 21.2. The number of benzene rings is 2. The highest BCUT2D eigenvalue weighted by Gasteiger charge is 2.20. The number of fused-ring (bicyclic) bond motifs is 1. The molecule has 0 N–H and O–H groups in total. The quantitative estimate of drug-likeness (QED) is 0.389. The van der Waals surface area contributed by atoms with Gasteiger partial charge in [-0.15, -0.1) is 0 Å². The molecule has 3 heterocycles. The zero-order valence-electron chi connectivity index (χ0n) is 16.7. The minimum absolute atomic E-state index is 0.146. The van der Waals surface area contributed by atoms with Crippen LogP contribution >= 0.6 is 0 Å². The molecule has 0 saturated heterocycles. The number of nitrogens with zero attached hydrogens (tertiary/aromatic N) is 4. The third-order valence-corrected chi connectivity index (χ3v) is 4.98. The molecule has 152 valence electrons. The number of aromatic nitrogens is 4. The Morgan fingerprint density at radius 1 is 1.06 bits per heavy atom. The molecule has 2 aromatic carbocycles. The third-order valence-electron chi connectivity index (χ3n) is 4.98. The summed E-state index contributed by atoms with van der Waals surface area (Å²) in [7, 11) is 0. The molecule has 0 spiro atoms.